The molecule has 1 aromatic rings. The third-order valence-electron chi connectivity index (χ3n) is 8.23. The van der Waals surface area contributed by atoms with Crippen LogP contribution in [0.5, 0.6) is 0 Å². The van der Waals surface area contributed by atoms with Gasteiger partial charge in [0.1, 0.15) is 0 Å². The maximum absolute atomic E-state index is 2.64. The Balaban J connectivity index is 1.54. The van der Waals surface area contributed by atoms with Crippen LogP contribution in [0.2, 0.25) is 0 Å². The van der Waals surface area contributed by atoms with Crippen molar-refractivity contribution >= 4 is 14.7 Å². The summed E-state index contributed by atoms with van der Waals surface area (Å²) in [6.07, 6.45) is 31.3. The topological polar surface area (TPSA) is 0 Å². The summed E-state index contributed by atoms with van der Waals surface area (Å²) in [6.45, 7) is 7.08. The van der Waals surface area contributed by atoms with Crippen molar-refractivity contribution in [2.24, 2.45) is 5.92 Å². The molecule has 0 aromatic heterocycles. The van der Waals surface area contributed by atoms with Gasteiger partial charge in [0.25, 0.3) is 0 Å². The van der Waals surface area contributed by atoms with E-state index in [4.69, 9.17) is 0 Å². The second kappa shape index (κ2) is 20.0. The van der Waals surface area contributed by atoms with Gasteiger partial charge in [-0.25, -0.2) is 0 Å². The molecule has 35 heavy (non-hydrogen) atoms. The number of hydrogen-bond donors (Lipinski definition) is 0. The summed E-state index contributed by atoms with van der Waals surface area (Å²) in [6, 6.07) is 11.3. The van der Waals surface area contributed by atoms with Gasteiger partial charge in [-0.15, -0.1) is 0 Å². The molecule has 0 heterocycles. The van der Waals surface area contributed by atoms with Gasteiger partial charge in [-0.1, -0.05) is 175 Å². The van der Waals surface area contributed by atoms with Crippen molar-refractivity contribution in [3.63, 3.8) is 0 Å². The summed E-state index contributed by atoms with van der Waals surface area (Å²) in [4.78, 5) is 0. The first-order chi connectivity index (χ1) is 17.3. The maximum atomic E-state index is 2.64. The minimum absolute atomic E-state index is 0.317. The lowest BCUT2D eigenvalue weighted by atomic mass is 9.94. The summed E-state index contributed by atoms with van der Waals surface area (Å²) in [5.74, 6) is 0.764. The van der Waals surface area contributed by atoms with E-state index in [1.807, 2.05) is 5.20 Å². The van der Waals surface area contributed by atoms with Crippen molar-refractivity contribution in [1.29, 1.82) is 0 Å². The fourth-order valence-corrected chi connectivity index (χ4v) is 7.97. The predicted molar refractivity (Wildman–Crippen MR) is 163 cm³/mol. The van der Waals surface area contributed by atoms with Crippen LogP contribution in [0.15, 0.2) is 52.8 Å². The molecule has 198 valence electrons. The summed E-state index contributed by atoms with van der Waals surface area (Å²) in [7, 11) is -0.317. The molecule has 0 N–H and O–H groups in total. The Morgan fingerprint density at radius 2 is 1.09 bits per heavy atom. The molecule has 0 saturated carbocycles. The predicted octanol–water partition coefficient (Wildman–Crippen LogP) is 10.2. The van der Waals surface area contributed by atoms with Crippen LogP contribution in [0.4, 0.5) is 0 Å². The van der Waals surface area contributed by atoms with Crippen LogP contribution in [-0.2, 0) is 0 Å². The van der Waals surface area contributed by atoms with Gasteiger partial charge in [0.05, 0.1) is 9.52 Å². The van der Waals surface area contributed by atoms with Crippen molar-refractivity contribution in [2.45, 2.75) is 149 Å². The van der Waals surface area contributed by atoms with Crippen molar-refractivity contribution in [3.05, 3.63) is 52.8 Å². The van der Waals surface area contributed by atoms with Crippen LogP contribution in [0.25, 0.3) is 0 Å². The van der Waals surface area contributed by atoms with Crippen LogP contribution in [-0.4, -0.2) is 9.52 Å². The first-order valence-corrected chi connectivity index (χ1v) is 17.1. The molecule has 0 spiro atoms. The van der Waals surface area contributed by atoms with Crippen molar-refractivity contribution < 1.29 is 0 Å². The highest BCUT2D eigenvalue weighted by atomic mass is 28.2. The van der Waals surface area contributed by atoms with Crippen LogP contribution < -0.4 is 5.19 Å². The van der Waals surface area contributed by atoms with Gasteiger partial charge >= 0.3 is 0 Å². The fourth-order valence-electron chi connectivity index (χ4n) is 5.88. The molecule has 0 saturated heterocycles. The summed E-state index contributed by atoms with van der Waals surface area (Å²) < 4.78 is 0. The van der Waals surface area contributed by atoms with Gasteiger partial charge in [-0.2, -0.15) is 0 Å². The molecule has 1 aromatic carbocycles. The minimum atomic E-state index is -0.317. The van der Waals surface area contributed by atoms with Crippen molar-refractivity contribution in [2.75, 3.05) is 0 Å². The molecule has 0 amide bonds. The maximum Gasteiger partial charge on any atom is 0.0832 e. The van der Waals surface area contributed by atoms with Crippen LogP contribution >= 0.6 is 0 Å². The van der Waals surface area contributed by atoms with Gasteiger partial charge < -0.3 is 0 Å². The number of hydrogen-bond acceptors (Lipinski definition) is 0. The molecule has 0 aliphatic heterocycles. The molecule has 2 rings (SSSR count). The largest absolute Gasteiger partial charge is 0.0832 e. The van der Waals surface area contributed by atoms with Crippen LogP contribution in [0, 0.1) is 5.92 Å². The van der Waals surface area contributed by atoms with E-state index in [1.165, 1.54) is 128 Å². The van der Waals surface area contributed by atoms with Gasteiger partial charge in [-0.3, -0.25) is 0 Å². The van der Waals surface area contributed by atoms with Crippen LogP contribution in [0.3, 0.4) is 0 Å². The molecular weight excluding hydrogens is 436 g/mol. The molecular formula is C34H58Si. The normalized spacial score (nSPS) is 16.1. The summed E-state index contributed by atoms with van der Waals surface area (Å²) in [5.41, 5.74) is 3.41. The second-order valence-corrected chi connectivity index (χ2v) is 13.3. The first kappa shape index (κ1) is 30.1. The van der Waals surface area contributed by atoms with E-state index < -0.39 is 0 Å². The second-order valence-electron chi connectivity index (χ2n) is 11.3. The van der Waals surface area contributed by atoms with E-state index >= 15 is 0 Å². The standard InChI is InChI=1S/C34H58Si/c1-4-6-8-9-10-11-12-13-14-15-16-17-18-19-20-24-28-33-30(3)31(25-7-5-2)29-34(33)35-32-26-22-21-23-27-32/h21-23,26-27,29,33H,4-20,24-25,28,35H2,1-3H3. The fraction of sp³-hybridized carbons (Fsp3) is 0.706. The van der Waals surface area contributed by atoms with Gasteiger partial charge in [0, 0.05) is 0 Å². The Hall–Kier alpha value is -1.08. The third-order valence-corrected chi connectivity index (χ3v) is 10.2. The Morgan fingerprint density at radius 1 is 0.600 bits per heavy atom. The molecule has 0 bridgehead atoms. The zero-order chi connectivity index (χ0) is 25.0. The molecule has 1 atom stereocenters. The Bertz CT molecular complexity index is 699. The highest BCUT2D eigenvalue weighted by Crippen LogP contribution is 2.37. The van der Waals surface area contributed by atoms with E-state index in [2.05, 4.69) is 57.2 Å². The van der Waals surface area contributed by atoms with Gasteiger partial charge in [-0.05, 0) is 37.7 Å². The molecule has 0 nitrogen and oxygen atoms in total. The molecule has 1 unspecified atom stereocenters. The number of allylic oxidation sites excluding steroid dienone is 4. The van der Waals surface area contributed by atoms with Gasteiger partial charge in [0.15, 0.2) is 0 Å². The zero-order valence-corrected chi connectivity index (χ0v) is 25.3. The smallest absolute Gasteiger partial charge is 0.0753 e. The van der Waals surface area contributed by atoms with Gasteiger partial charge in [0.2, 0.25) is 0 Å². The first-order valence-electron chi connectivity index (χ1n) is 15.7. The summed E-state index contributed by atoms with van der Waals surface area (Å²) >= 11 is 0. The monoisotopic (exact) mass is 494 g/mol. The van der Waals surface area contributed by atoms with Crippen LogP contribution in [0.1, 0.15) is 149 Å². The summed E-state index contributed by atoms with van der Waals surface area (Å²) in [5, 5.41) is 3.43. The van der Waals surface area contributed by atoms with E-state index in [-0.39, 0.29) is 9.52 Å². The highest BCUT2D eigenvalue weighted by molar-refractivity contribution is 6.61. The Morgan fingerprint density at radius 3 is 1.60 bits per heavy atom. The number of benzene rings is 1. The molecule has 1 heteroatoms. The molecule has 0 fully saturated rings. The van der Waals surface area contributed by atoms with Crippen molar-refractivity contribution in [1.82, 2.24) is 0 Å². The lowest BCUT2D eigenvalue weighted by molar-refractivity contribution is 0.519. The quantitative estimate of drug-likeness (QED) is 0.111. The van der Waals surface area contributed by atoms with E-state index in [0.29, 0.717) is 0 Å². The minimum Gasteiger partial charge on any atom is -0.0753 e. The van der Waals surface area contributed by atoms with E-state index in [0.717, 1.165) is 5.92 Å². The third kappa shape index (κ3) is 13.1. The van der Waals surface area contributed by atoms with E-state index in [9.17, 15) is 0 Å². The zero-order valence-electron chi connectivity index (χ0n) is 23.9. The average molecular weight is 495 g/mol. The van der Waals surface area contributed by atoms with Crippen molar-refractivity contribution in [3.8, 4) is 0 Å². The molecule has 1 aliphatic carbocycles. The highest BCUT2D eigenvalue weighted by Gasteiger charge is 2.24. The van der Waals surface area contributed by atoms with E-state index in [1.54, 1.807) is 16.3 Å². The number of rotatable bonds is 22. The average Bonchev–Trinajstić information content (AvgIpc) is 3.16. The number of unbranched alkanes of at least 4 members (excludes halogenated alkanes) is 16. The lowest BCUT2D eigenvalue weighted by Gasteiger charge is -2.18. The SMILES string of the molecule is CCCCCCCCCCCCCCCCCCC1C([SiH2]c2ccccc2)=CC(CCCC)=C1C. The Kier molecular flexibility index (Phi) is 17.2. The lowest BCUT2D eigenvalue weighted by Crippen LogP contribution is -2.20. The molecule has 1 aliphatic rings. The Labute approximate surface area is 222 Å². The molecule has 0 radical (unpaired) electrons.